The van der Waals surface area contributed by atoms with Gasteiger partial charge in [-0.1, -0.05) is 0 Å². The lowest BCUT2D eigenvalue weighted by Gasteiger charge is -2.06. The fourth-order valence-corrected chi connectivity index (χ4v) is 1.51. The Hall–Kier alpha value is -2.36. The van der Waals surface area contributed by atoms with Crippen LogP contribution in [0.5, 0.6) is 0 Å². The number of nitrogens with one attached hydrogen (secondary N) is 1. The molecule has 2 aromatic rings. The molecule has 1 aromatic heterocycles. The van der Waals surface area contributed by atoms with E-state index >= 15 is 0 Å². The van der Waals surface area contributed by atoms with Gasteiger partial charge in [-0.05, 0) is 43.3 Å². The van der Waals surface area contributed by atoms with Gasteiger partial charge in [-0.3, -0.25) is 4.98 Å². The number of esters is 1. The molecule has 1 aromatic carbocycles. The number of hydrogen-bond acceptors (Lipinski definition) is 4. The molecule has 2 rings (SSSR count). The number of ether oxygens (including phenoxy) is 1. The summed E-state index contributed by atoms with van der Waals surface area (Å²) in [6, 6.07) is 10.9. The molecular formula is C14H14N2O2. The van der Waals surface area contributed by atoms with E-state index in [1.165, 1.54) is 0 Å². The molecule has 0 amide bonds. The van der Waals surface area contributed by atoms with Gasteiger partial charge in [0.15, 0.2) is 0 Å². The number of carbonyl (C=O) groups excluding carboxylic acids is 1. The molecule has 0 atom stereocenters. The van der Waals surface area contributed by atoms with Gasteiger partial charge in [0.2, 0.25) is 0 Å². The summed E-state index contributed by atoms with van der Waals surface area (Å²) in [6.07, 6.45) is 3.44. The van der Waals surface area contributed by atoms with Crippen LogP contribution in [-0.4, -0.2) is 17.6 Å². The SMILES string of the molecule is CCOC(=O)c1ccc(Nc2ccncc2)cc1. The zero-order valence-corrected chi connectivity index (χ0v) is 10.1. The molecule has 92 valence electrons. The first kappa shape index (κ1) is 12.1. The Morgan fingerprint density at radius 2 is 1.72 bits per heavy atom. The number of benzene rings is 1. The lowest BCUT2D eigenvalue weighted by molar-refractivity contribution is 0.0526. The van der Waals surface area contributed by atoms with Crippen molar-refractivity contribution in [2.45, 2.75) is 6.92 Å². The highest BCUT2D eigenvalue weighted by molar-refractivity contribution is 5.89. The highest BCUT2D eigenvalue weighted by atomic mass is 16.5. The van der Waals surface area contributed by atoms with Crippen molar-refractivity contribution in [1.82, 2.24) is 4.98 Å². The summed E-state index contributed by atoms with van der Waals surface area (Å²) in [6.45, 7) is 2.17. The van der Waals surface area contributed by atoms with E-state index in [1.54, 1.807) is 31.5 Å². The van der Waals surface area contributed by atoms with E-state index in [0.717, 1.165) is 11.4 Å². The second-order valence-electron chi connectivity index (χ2n) is 3.66. The maximum Gasteiger partial charge on any atom is 0.338 e. The Labute approximate surface area is 106 Å². The molecule has 4 heteroatoms. The van der Waals surface area contributed by atoms with E-state index < -0.39 is 0 Å². The van der Waals surface area contributed by atoms with Crippen molar-refractivity contribution < 1.29 is 9.53 Å². The smallest absolute Gasteiger partial charge is 0.338 e. The molecule has 0 fully saturated rings. The minimum absolute atomic E-state index is 0.298. The van der Waals surface area contributed by atoms with Crippen molar-refractivity contribution in [3.63, 3.8) is 0 Å². The van der Waals surface area contributed by atoms with Crippen LogP contribution < -0.4 is 5.32 Å². The Morgan fingerprint density at radius 3 is 2.33 bits per heavy atom. The van der Waals surface area contributed by atoms with Crippen molar-refractivity contribution >= 4 is 17.3 Å². The molecule has 0 bridgehead atoms. The summed E-state index contributed by atoms with van der Waals surface area (Å²) in [5.41, 5.74) is 2.42. The van der Waals surface area contributed by atoms with Crippen LogP contribution in [0.2, 0.25) is 0 Å². The van der Waals surface area contributed by atoms with Crippen LogP contribution in [0.3, 0.4) is 0 Å². The third-order valence-electron chi connectivity index (χ3n) is 2.37. The topological polar surface area (TPSA) is 51.2 Å². The summed E-state index contributed by atoms with van der Waals surface area (Å²) in [7, 11) is 0. The van der Waals surface area contributed by atoms with Crippen LogP contribution in [0.25, 0.3) is 0 Å². The fourth-order valence-electron chi connectivity index (χ4n) is 1.51. The standard InChI is InChI=1S/C14H14N2O2/c1-2-18-14(17)11-3-5-12(6-4-11)16-13-7-9-15-10-8-13/h3-10H,2H2,1H3,(H,15,16). The second-order valence-corrected chi connectivity index (χ2v) is 3.66. The highest BCUT2D eigenvalue weighted by Gasteiger charge is 2.05. The van der Waals surface area contributed by atoms with Crippen molar-refractivity contribution in [3.05, 3.63) is 54.4 Å². The van der Waals surface area contributed by atoms with Gasteiger partial charge in [0, 0.05) is 23.8 Å². The molecule has 18 heavy (non-hydrogen) atoms. The van der Waals surface area contributed by atoms with Gasteiger partial charge >= 0.3 is 5.97 Å². The van der Waals surface area contributed by atoms with Gasteiger partial charge in [-0.15, -0.1) is 0 Å². The molecule has 4 nitrogen and oxygen atoms in total. The largest absolute Gasteiger partial charge is 0.462 e. The first-order valence-electron chi connectivity index (χ1n) is 5.74. The van der Waals surface area contributed by atoms with Gasteiger partial charge in [0.25, 0.3) is 0 Å². The number of rotatable bonds is 4. The summed E-state index contributed by atoms with van der Waals surface area (Å²) in [4.78, 5) is 15.4. The zero-order valence-electron chi connectivity index (χ0n) is 10.1. The summed E-state index contributed by atoms with van der Waals surface area (Å²) in [5, 5.41) is 3.21. The Morgan fingerprint density at radius 1 is 1.11 bits per heavy atom. The zero-order chi connectivity index (χ0) is 12.8. The normalized spacial score (nSPS) is 9.83. The molecule has 0 spiro atoms. The Balaban J connectivity index is 2.06. The third-order valence-corrected chi connectivity index (χ3v) is 2.37. The quantitative estimate of drug-likeness (QED) is 0.837. The molecule has 0 aliphatic rings. The van der Waals surface area contributed by atoms with Crippen LogP contribution in [0.1, 0.15) is 17.3 Å². The number of pyridine rings is 1. The lowest BCUT2D eigenvalue weighted by atomic mass is 10.2. The van der Waals surface area contributed by atoms with Crippen molar-refractivity contribution in [2.75, 3.05) is 11.9 Å². The van der Waals surface area contributed by atoms with E-state index in [-0.39, 0.29) is 5.97 Å². The number of carbonyl (C=O) groups is 1. The predicted octanol–water partition coefficient (Wildman–Crippen LogP) is 3.00. The highest BCUT2D eigenvalue weighted by Crippen LogP contribution is 2.16. The average molecular weight is 242 g/mol. The third kappa shape index (κ3) is 3.07. The maximum absolute atomic E-state index is 11.5. The summed E-state index contributed by atoms with van der Waals surface area (Å²) < 4.78 is 4.92. The van der Waals surface area contributed by atoms with Gasteiger partial charge < -0.3 is 10.1 Å². The van der Waals surface area contributed by atoms with E-state index in [4.69, 9.17) is 4.74 Å². The molecule has 0 unspecified atom stereocenters. The second kappa shape index (κ2) is 5.82. The number of nitrogens with zero attached hydrogens (tertiary/aromatic N) is 1. The van der Waals surface area contributed by atoms with E-state index in [2.05, 4.69) is 10.3 Å². The lowest BCUT2D eigenvalue weighted by Crippen LogP contribution is -2.04. The molecule has 0 aliphatic carbocycles. The molecule has 1 N–H and O–H groups in total. The Kier molecular flexibility index (Phi) is 3.91. The first-order valence-corrected chi connectivity index (χ1v) is 5.74. The molecule has 1 heterocycles. The molecule has 0 radical (unpaired) electrons. The Bertz CT molecular complexity index is 509. The van der Waals surface area contributed by atoms with Crippen LogP contribution in [0.15, 0.2) is 48.8 Å². The first-order chi connectivity index (χ1) is 8.79. The minimum atomic E-state index is -0.298. The molecule has 0 saturated carbocycles. The maximum atomic E-state index is 11.5. The average Bonchev–Trinajstić information content (AvgIpc) is 2.41. The van der Waals surface area contributed by atoms with Gasteiger partial charge in [0.05, 0.1) is 12.2 Å². The number of aromatic nitrogens is 1. The summed E-state index contributed by atoms with van der Waals surface area (Å²) >= 11 is 0. The van der Waals surface area contributed by atoms with E-state index in [0.29, 0.717) is 12.2 Å². The minimum Gasteiger partial charge on any atom is -0.462 e. The monoisotopic (exact) mass is 242 g/mol. The molecule has 0 saturated heterocycles. The van der Waals surface area contributed by atoms with Crippen molar-refractivity contribution in [3.8, 4) is 0 Å². The van der Waals surface area contributed by atoms with Crippen LogP contribution >= 0.6 is 0 Å². The van der Waals surface area contributed by atoms with Gasteiger partial charge in [0.1, 0.15) is 0 Å². The van der Waals surface area contributed by atoms with Gasteiger partial charge in [-0.2, -0.15) is 0 Å². The van der Waals surface area contributed by atoms with Crippen LogP contribution in [0, 0.1) is 0 Å². The molecule has 0 aliphatic heterocycles. The predicted molar refractivity (Wildman–Crippen MR) is 69.9 cm³/mol. The van der Waals surface area contributed by atoms with E-state index in [1.807, 2.05) is 24.3 Å². The summed E-state index contributed by atoms with van der Waals surface area (Å²) in [5.74, 6) is -0.298. The van der Waals surface area contributed by atoms with Crippen molar-refractivity contribution in [2.24, 2.45) is 0 Å². The fraction of sp³-hybridized carbons (Fsp3) is 0.143. The van der Waals surface area contributed by atoms with Crippen LogP contribution in [-0.2, 0) is 4.74 Å². The molecular weight excluding hydrogens is 228 g/mol. The number of anilines is 2. The van der Waals surface area contributed by atoms with E-state index in [9.17, 15) is 4.79 Å². The number of hydrogen-bond donors (Lipinski definition) is 1. The van der Waals surface area contributed by atoms with Gasteiger partial charge in [-0.25, -0.2) is 4.79 Å². The van der Waals surface area contributed by atoms with Crippen LogP contribution in [0.4, 0.5) is 11.4 Å². The van der Waals surface area contributed by atoms with Crippen molar-refractivity contribution in [1.29, 1.82) is 0 Å².